The summed E-state index contributed by atoms with van der Waals surface area (Å²) in [4.78, 5) is 11.1. The standard InChI is InChI=1S/C12H16Cl2N2O2/c1-16-11(17)3-5-18-12-8(2-4-15)6-9(13)7-10(12)14/h6-7H,2-5,15H2,1H3,(H,16,17). The van der Waals surface area contributed by atoms with Gasteiger partial charge in [-0.15, -0.1) is 0 Å². The molecule has 1 rings (SSSR count). The molecule has 0 saturated heterocycles. The molecule has 0 aliphatic rings. The number of hydrogen-bond donors (Lipinski definition) is 2. The molecule has 0 aliphatic heterocycles. The molecule has 4 nitrogen and oxygen atoms in total. The summed E-state index contributed by atoms with van der Waals surface area (Å²) < 4.78 is 5.54. The number of rotatable bonds is 6. The Bertz CT molecular complexity index is 425. The minimum Gasteiger partial charge on any atom is -0.491 e. The van der Waals surface area contributed by atoms with Crippen LogP contribution in [0, 0.1) is 0 Å². The van der Waals surface area contributed by atoms with Crippen molar-refractivity contribution < 1.29 is 9.53 Å². The molecule has 0 atom stereocenters. The molecule has 0 bridgehead atoms. The summed E-state index contributed by atoms with van der Waals surface area (Å²) in [7, 11) is 1.58. The molecular formula is C12H16Cl2N2O2. The fourth-order valence-electron chi connectivity index (χ4n) is 1.49. The third kappa shape index (κ3) is 4.37. The number of halogens is 2. The maximum Gasteiger partial charge on any atom is 0.223 e. The van der Waals surface area contributed by atoms with Crippen molar-refractivity contribution >= 4 is 29.1 Å². The smallest absolute Gasteiger partial charge is 0.223 e. The van der Waals surface area contributed by atoms with Crippen LogP contribution in [-0.2, 0) is 11.2 Å². The summed E-state index contributed by atoms with van der Waals surface area (Å²) >= 11 is 12.0. The molecular weight excluding hydrogens is 275 g/mol. The third-order valence-corrected chi connectivity index (χ3v) is 2.85. The molecule has 0 aromatic heterocycles. The second kappa shape index (κ2) is 7.46. The quantitative estimate of drug-likeness (QED) is 0.842. The highest BCUT2D eigenvalue weighted by Crippen LogP contribution is 2.32. The van der Waals surface area contributed by atoms with Gasteiger partial charge in [0.05, 0.1) is 18.1 Å². The lowest BCUT2D eigenvalue weighted by atomic mass is 10.1. The summed E-state index contributed by atoms with van der Waals surface area (Å²) in [5.74, 6) is 0.468. The fraction of sp³-hybridized carbons (Fsp3) is 0.417. The van der Waals surface area contributed by atoms with Crippen LogP contribution in [0.4, 0.5) is 0 Å². The van der Waals surface area contributed by atoms with Crippen LogP contribution in [0.1, 0.15) is 12.0 Å². The second-order valence-electron chi connectivity index (χ2n) is 3.69. The maximum atomic E-state index is 11.1. The first-order chi connectivity index (χ1) is 8.58. The lowest BCUT2D eigenvalue weighted by Gasteiger charge is -2.13. The predicted molar refractivity (Wildman–Crippen MR) is 73.4 cm³/mol. The van der Waals surface area contributed by atoms with Crippen molar-refractivity contribution in [3.63, 3.8) is 0 Å². The Labute approximate surface area is 116 Å². The van der Waals surface area contributed by atoms with Crippen LogP contribution < -0.4 is 15.8 Å². The Hall–Kier alpha value is -0.970. The van der Waals surface area contributed by atoms with E-state index in [2.05, 4.69) is 5.32 Å². The summed E-state index contributed by atoms with van der Waals surface area (Å²) in [6, 6.07) is 3.38. The third-order valence-electron chi connectivity index (χ3n) is 2.35. The number of ether oxygens (including phenoxy) is 1. The van der Waals surface area contributed by atoms with E-state index in [0.717, 1.165) is 5.56 Å². The normalized spacial score (nSPS) is 10.2. The Balaban J connectivity index is 2.76. The second-order valence-corrected chi connectivity index (χ2v) is 4.53. The first kappa shape index (κ1) is 15.1. The SMILES string of the molecule is CNC(=O)CCOc1c(Cl)cc(Cl)cc1CCN. The monoisotopic (exact) mass is 290 g/mol. The number of carbonyl (C=O) groups is 1. The average Bonchev–Trinajstić information content (AvgIpc) is 2.32. The van der Waals surface area contributed by atoms with Gasteiger partial charge in [-0.1, -0.05) is 23.2 Å². The van der Waals surface area contributed by atoms with Gasteiger partial charge in [0.25, 0.3) is 0 Å². The van der Waals surface area contributed by atoms with E-state index in [1.54, 1.807) is 19.2 Å². The van der Waals surface area contributed by atoms with E-state index in [-0.39, 0.29) is 18.9 Å². The Morgan fingerprint density at radius 2 is 2.17 bits per heavy atom. The lowest BCUT2D eigenvalue weighted by molar-refractivity contribution is -0.121. The molecule has 1 aromatic rings. The summed E-state index contributed by atoms with van der Waals surface area (Å²) in [5, 5.41) is 3.50. The molecule has 0 fully saturated rings. The molecule has 0 radical (unpaired) electrons. The number of carbonyl (C=O) groups excluding carboxylic acids is 1. The van der Waals surface area contributed by atoms with Crippen molar-refractivity contribution in [1.29, 1.82) is 0 Å². The number of amides is 1. The number of nitrogens with one attached hydrogen (secondary N) is 1. The Kier molecular flexibility index (Phi) is 6.25. The highest BCUT2D eigenvalue weighted by atomic mass is 35.5. The molecule has 0 heterocycles. The van der Waals surface area contributed by atoms with Crippen molar-refractivity contribution in [2.24, 2.45) is 5.73 Å². The van der Waals surface area contributed by atoms with Crippen LogP contribution >= 0.6 is 23.2 Å². The zero-order valence-electron chi connectivity index (χ0n) is 10.1. The zero-order valence-corrected chi connectivity index (χ0v) is 11.6. The summed E-state index contributed by atoms with van der Waals surface area (Å²) in [6.45, 7) is 0.737. The van der Waals surface area contributed by atoms with E-state index >= 15 is 0 Å². The Morgan fingerprint density at radius 1 is 1.44 bits per heavy atom. The molecule has 0 saturated carbocycles. The number of hydrogen-bond acceptors (Lipinski definition) is 3. The summed E-state index contributed by atoms with van der Waals surface area (Å²) in [6.07, 6.45) is 0.896. The van der Waals surface area contributed by atoms with Crippen molar-refractivity contribution in [3.05, 3.63) is 27.7 Å². The minimum atomic E-state index is -0.0829. The minimum absolute atomic E-state index is 0.0829. The maximum absolute atomic E-state index is 11.1. The van der Waals surface area contributed by atoms with Crippen LogP contribution in [0.3, 0.4) is 0 Å². The first-order valence-electron chi connectivity index (χ1n) is 5.59. The average molecular weight is 291 g/mol. The topological polar surface area (TPSA) is 64.3 Å². The van der Waals surface area contributed by atoms with Gasteiger partial charge in [-0.25, -0.2) is 0 Å². The highest BCUT2D eigenvalue weighted by molar-refractivity contribution is 6.35. The van der Waals surface area contributed by atoms with E-state index in [1.165, 1.54) is 0 Å². The van der Waals surface area contributed by atoms with Crippen molar-refractivity contribution in [3.8, 4) is 5.75 Å². The first-order valence-corrected chi connectivity index (χ1v) is 6.35. The van der Waals surface area contributed by atoms with E-state index in [0.29, 0.717) is 28.8 Å². The van der Waals surface area contributed by atoms with E-state index < -0.39 is 0 Å². The molecule has 3 N–H and O–H groups in total. The Morgan fingerprint density at radius 3 is 2.78 bits per heavy atom. The molecule has 1 amide bonds. The van der Waals surface area contributed by atoms with Gasteiger partial charge in [-0.2, -0.15) is 0 Å². The van der Waals surface area contributed by atoms with Crippen molar-refractivity contribution in [2.45, 2.75) is 12.8 Å². The molecule has 1 aromatic carbocycles. The van der Waals surface area contributed by atoms with Crippen molar-refractivity contribution in [2.75, 3.05) is 20.2 Å². The van der Waals surface area contributed by atoms with E-state index in [9.17, 15) is 4.79 Å². The van der Waals surface area contributed by atoms with E-state index in [1.807, 2.05) is 0 Å². The number of benzene rings is 1. The van der Waals surface area contributed by atoms with Gasteiger partial charge < -0.3 is 15.8 Å². The molecule has 0 aliphatic carbocycles. The van der Waals surface area contributed by atoms with Gasteiger partial charge in [0.2, 0.25) is 5.91 Å². The molecule has 100 valence electrons. The van der Waals surface area contributed by atoms with Gasteiger partial charge in [-0.05, 0) is 30.7 Å². The van der Waals surface area contributed by atoms with Crippen LogP contribution in [0.5, 0.6) is 5.75 Å². The van der Waals surface area contributed by atoms with Crippen LogP contribution in [0.15, 0.2) is 12.1 Å². The number of nitrogens with two attached hydrogens (primary N) is 1. The molecule has 0 spiro atoms. The van der Waals surface area contributed by atoms with Gasteiger partial charge in [0, 0.05) is 12.1 Å². The van der Waals surface area contributed by atoms with Crippen LogP contribution in [0.2, 0.25) is 10.0 Å². The van der Waals surface area contributed by atoms with Crippen LogP contribution in [-0.4, -0.2) is 26.1 Å². The largest absolute Gasteiger partial charge is 0.491 e. The fourth-order valence-corrected chi connectivity index (χ4v) is 2.08. The van der Waals surface area contributed by atoms with Gasteiger partial charge in [-0.3, -0.25) is 4.79 Å². The highest BCUT2D eigenvalue weighted by Gasteiger charge is 2.11. The van der Waals surface area contributed by atoms with E-state index in [4.69, 9.17) is 33.7 Å². The van der Waals surface area contributed by atoms with Gasteiger partial charge in [0.1, 0.15) is 5.75 Å². The molecule has 6 heteroatoms. The van der Waals surface area contributed by atoms with Gasteiger partial charge in [0.15, 0.2) is 0 Å². The lowest BCUT2D eigenvalue weighted by Crippen LogP contribution is -2.20. The van der Waals surface area contributed by atoms with Crippen LogP contribution in [0.25, 0.3) is 0 Å². The molecule has 18 heavy (non-hydrogen) atoms. The zero-order chi connectivity index (χ0) is 13.5. The summed E-state index contributed by atoms with van der Waals surface area (Å²) in [5.41, 5.74) is 6.38. The van der Waals surface area contributed by atoms with Crippen molar-refractivity contribution in [1.82, 2.24) is 5.32 Å². The molecule has 0 unspecified atom stereocenters. The van der Waals surface area contributed by atoms with Gasteiger partial charge >= 0.3 is 0 Å². The predicted octanol–water partition coefficient (Wildman–Crippen LogP) is 2.01.